The summed E-state index contributed by atoms with van der Waals surface area (Å²) in [5.74, 6) is -1.73. The Bertz CT molecular complexity index is 969. The zero-order valence-corrected chi connectivity index (χ0v) is 14.9. The summed E-state index contributed by atoms with van der Waals surface area (Å²) in [6, 6.07) is 17.0. The van der Waals surface area contributed by atoms with E-state index in [0.717, 1.165) is 11.1 Å². The second-order valence-electron chi connectivity index (χ2n) is 6.67. The van der Waals surface area contributed by atoms with E-state index in [1.165, 1.54) is 12.1 Å². The molecule has 1 aliphatic heterocycles. The van der Waals surface area contributed by atoms with Gasteiger partial charge in [-0.1, -0.05) is 36.4 Å². The molecule has 5 nitrogen and oxygen atoms in total. The first-order valence-electron chi connectivity index (χ1n) is 8.96. The number of hydrogen-bond donors (Lipinski definition) is 2. The Hall–Kier alpha value is -3.54. The molecule has 0 bridgehead atoms. The average Bonchev–Trinajstić information content (AvgIpc) is 2.72. The fourth-order valence-electron chi connectivity index (χ4n) is 3.47. The predicted molar refractivity (Wildman–Crippen MR) is 103 cm³/mol. The number of carbonyl (C=O) groups is 2. The van der Waals surface area contributed by atoms with Crippen LogP contribution in [0.25, 0.3) is 0 Å². The van der Waals surface area contributed by atoms with E-state index in [1.54, 1.807) is 18.5 Å². The molecule has 3 aromatic rings. The van der Waals surface area contributed by atoms with Gasteiger partial charge in [-0.3, -0.25) is 14.6 Å². The molecule has 140 valence electrons. The maximum Gasteiger partial charge on any atom is 0.228 e. The van der Waals surface area contributed by atoms with Crippen molar-refractivity contribution >= 4 is 17.5 Å². The van der Waals surface area contributed by atoms with Gasteiger partial charge in [-0.25, -0.2) is 4.39 Å². The maximum atomic E-state index is 13.5. The molecule has 1 aromatic heterocycles. The van der Waals surface area contributed by atoms with Gasteiger partial charge in [-0.2, -0.15) is 0 Å². The number of fused-ring (bicyclic) bond motifs is 1. The topological polar surface area (TPSA) is 71.1 Å². The van der Waals surface area contributed by atoms with Crippen LogP contribution in [0.15, 0.2) is 73.1 Å². The van der Waals surface area contributed by atoms with E-state index in [-0.39, 0.29) is 24.3 Å². The van der Waals surface area contributed by atoms with Gasteiger partial charge in [0.2, 0.25) is 11.8 Å². The van der Waals surface area contributed by atoms with E-state index in [2.05, 4.69) is 15.6 Å². The van der Waals surface area contributed by atoms with E-state index in [0.29, 0.717) is 11.3 Å². The third-order valence-corrected chi connectivity index (χ3v) is 4.83. The van der Waals surface area contributed by atoms with Crippen LogP contribution in [0.4, 0.5) is 10.1 Å². The molecule has 1 aliphatic rings. The Balaban J connectivity index is 1.67. The number of pyridine rings is 1. The van der Waals surface area contributed by atoms with E-state index >= 15 is 0 Å². The zero-order valence-electron chi connectivity index (χ0n) is 14.9. The summed E-state index contributed by atoms with van der Waals surface area (Å²) in [6.07, 6.45) is 3.36. The average molecular weight is 375 g/mol. The van der Waals surface area contributed by atoms with Gasteiger partial charge in [-0.05, 0) is 41.0 Å². The maximum absolute atomic E-state index is 13.5. The smallest absolute Gasteiger partial charge is 0.228 e. The Morgan fingerprint density at radius 1 is 1.07 bits per heavy atom. The number of carbonyl (C=O) groups excluding carboxylic acids is 2. The predicted octanol–water partition coefficient (Wildman–Crippen LogP) is 3.55. The van der Waals surface area contributed by atoms with Crippen LogP contribution >= 0.6 is 0 Å². The fourth-order valence-corrected chi connectivity index (χ4v) is 3.47. The summed E-state index contributed by atoms with van der Waals surface area (Å²) < 4.78 is 13.5. The molecule has 2 unspecified atom stereocenters. The van der Waals surface area contributed by atoms with Gasteiger partial charge in [0, 0.05) is 24.5 Å². The van der Waals surface area contributed by atoms with Crippen LogP contribution in [0.2, 0.25) is 0 Å². The molecule has 2 heterocycles. The monoisotopic (exact) mass is 375 g/mol. The van der Waals surface area contributed by atoms with E-state index in [4.69, 9.17) is 0 Å². The van der Waals surface area contributed by atoms with Crippen LogP contribution in [0.3, 0.4) is 0 Å². The van der Waals surface area contributed by atoms with Crippen molar-refractivity contribution in [1.29, 1.82) is 0 Å². The van der Waals surface area contributed by atoms with Crippen LogP contribution in [0.1, 0.15) is 35.1 Å². The highest BCUT2D eigenvalue weighted by molar-refractivity contribution is 6.01. The van der Waals surface area contributed by atoms with Gasteiger partial charge in [-0.15, -0.1) is 0 Å². The molecule has 4 rings (SSSR count). The van der Waals surface area contributed by atoms with Crippen molar-refractivity contribution in [2.45, 2.75) is 18.4 Å². The lowest BCUT2D eigenvalue weighted by molar-refractivity contribution is -0.126. The molecule has 6 heteroatoms. The van der Waals surface area contributed by atoms with Crippen molar-refractivity contribution in [2.24, 2.45) is 0 Å². The molecule has 2 aromatic carbocycles. The van der Waals surface area contributed by atoms with Crippen LogP contribution in [-0.2, 0) is 9.59 Å². The summed E-state index contributed by atoms with van der Waals surface area (Å²) >= 11 is 0. The van der Waals surface area contributed by atoms with Gasteiger partial charge in [0.1, 0.15) is 5.82 Å². The van der Waals surface area contributed by atoms with Crippen LogP contribution in [0, 0.1) is 5.82 Å². The SMILES string of the molecule is O=C1CC(C(=O)NC(c2ccccc2)c2ccncc2)c2ccc(F)cc2N1. The van der Waals surface area contributed by atoms with E-state index in [9.17, 15) is 14.0 Å². The minimum atomic E-state index is -0.683. The Morgan fingerprint density at radius 3 is 2.54 bits per heavy atom. The summed E-state index contributed by atoms with van der Waals surface area (Å²) in [5.41, 5.74) is 2.76. The van der Waals surface area contributed by atoms with Crippen molar-refractivity contribution in [3.63, 3.8) is 0 Å². The molecule has 0 saturated carbocycles. The van der Waals surface area contributed by atoms with Crippen molar-refractivity contribution in [2.75, 3.05) is 5.32 Å². The second kappa shape index (κ2) is 7.60. The lowest BCUT2D eigenvalue weighted by Crippen LogP contribution is -2.37. The van der Waals surface area contributed by atoms with E-state index < -0.39 is 11.7 Å². The number of benzene rings is 2. The molecule has 0 spiro atoms. The molecular formula is C22H18FN3O2. The standard InChI is InChI=1S/C22H18FN3O2/c23-16-6-7-17-18(13-20(27)25-19(17)12-16)22(28)26-21(14-4-2-1-3-5-14)15-8-10-24-11-9-15/h1-12,18,21H,13H2,(H,25,27)(H,26,28). The highest BCUT2D eigenvalue weighted by Crippen LogP contribution is 2.34. The number of nitrogens with zero attached hydrogens (tertiary/aromatic N) is 1. The first-order chi connectivity index (χ1) is 13.6. The molecule has 0 radical (unpaired) electrons. The summed E-state index contributed by atoms with van der Waals surface area (Å²) in [7, 11) is 0. The molecule has 0 aliphatic carbocycles. The number of amides is 2. The number of nitrogens with one attached hydrogen (secondary N) is 2. The molecule has 2 atom stereocenters. The second-order valence-corrected chi connectivity index (χ2v) is 6.67. The number of rotatable bonds is 4. The Labute approximate surface area is 161 Å². The van der Waals surface area contributed by atoms with Gasteiger partial charge in [0.25, 0.3) is 0 Å². The minimum absolute atomic E-state index is 0.0162. The number of hydrogen-bond acceptors (Lipinski definition) is 3. The van der Waals surface area contributed by atoms with Crippen LogP contribution < -0.4 is 10.6 Å². The number of aromatic nitrogens is 1. The molecule has 0 saturated heterocycles. The summed E-state index contributed by atoms with van der Waals surface area (Å²) in [5, 5.41) is 5.69. The minimum Gasteiger partial charge on any atom is -0.345 e. The third kappa shape index (κ3) is 3.62. The number of anilines is 1. The van der Waals surface area contributed by atoms with Crippen molar-refractivity contribution in [1.82, 2.24) is 10.3 Å². The zero-order chi connectivity index (χ0) is 19.5. The van der Waals surface area contributed by atoms with E-state index in [1.807, 2.05) is 42.5 Å². The Kier molecular flexibility index (Phi) is 4.85. The van der Waals surface area contributed by atoms with Gasteiger partial charge in [0.15, 0.2) is 0 Å². The van der Waals surface area contributed by atoms with Gasteiger partial charge in [0.05, 0.1) is 12.0 Å². The van der Waals surface area contributed by atoms with Crippen molar-refractivity contribution in [3.8, 4) is 0 Å². The largest absolute Gasteiger partial charge is 0.345 e. The van der Waals surface area contributed by atoms with Crippen LogP contribution in [0.5, 0.6) is 0 Å². The lowest BCUT2D eigenvalue weighted by Gasteiger charge is -2.27. The quantitative estimate of drug-likeness (QED) is 0.733. The summed E-state index contributed by atoms with van der Waals surface area (Å²) in [6.45, 7) is 0. The fraction of sp³-hybridized carbons (Fsp3) is 0.136. The molecule has 0 fully saturated rings. The molecule has 28 heavy (non-hydrogen) atoms. The molecule has 2 N–H and O–H groups in total. The van der Waals surface area contributed by atoms with Crippen molar-refractivity contribution in [3.05, 3.63) is 95.6 Å². The lowest BCUT2D eigenvalue weighted by atomic mass is 9.89. The normalized spacial score (nSPS) is 16.6. The molecular weight excluding hydrogens is 357 g/mol. The number of halogens is 1. The van der Waals surface area contributed by atoms with Crippen molar-refractivity contribution < 1.29 is 14.0 Å². The first kappa shape index (κ1) is 17.9. The first-order valence-corrected chi connectivity index (χ1v) is 8.96. The van der Waals surface area contributed by atoms with Gasteiger partial charge < -0.3 is 10.6 Å². The Morgan fingerprint density at radius 2 is 1.79 bits per heavy atom. The summed E-state index contributed by atoms with van der Waals surface area (Å²) in [4.78, 5) is 29.2. The highest BCUT2D eigenvalue weighted by Gasteiger charge is 2.32. The highest BCUT2D eigenvalue weighted by atomic mass is 19.1. The van der Waals surface area contributed by atoms with Crippen LogP contribution in [-0.4, -0.2) is 16.8 Å². The van der Waals surface area contributed by atoms with Gasteiger partial charge >= 0.3 is 0 Å². The molecule has 2 amide bonds. The third-order valence-electron chi connectivity index (χ3n) is 4.83.